The molecule has 0 aromatic rings. The van der Waals surface area contributed by atoms with Crippen molar-refractivity contribution in [2.24, 2.45) is 5.92 Å². The van der Waals surface area contributed by atoms with Gasteiger partial charge in [-0.1, -0.05) is 26.7 Å². The zero-order valence-corrected chi connectivity index (χ0v) is 19.0. The fraction of sp³-hybridized carbons (Fsp3) is 0.375. The Morgan fingerprint density at radius 3 is 1.75 bits per heavy atom. The Morgan fingerprint density at radius 1 is 1.15 bits per heavy atom. The second-order valence-electron chi connectivity index (χ2n) is 3.80. The topological polar surface area (TPSA) is 0 Å². The average molecular weight is 411 g/mol. The zero-order chi connectivity index (χ0) is 12.6. The van der Waals surface area contributed by atoms with Crippen molar-refractivity contribution < 1.29 is 23.3 Å². The van der Waals surface area contributed by atoms with Crippen LogP contribution in [0, 0.1) is 32.9 Å². The Balaban J connectivity index is -0.0000000604. The van der Waals surface area contributed by atoms with Crippen LogP contribution < -0.4 is 0 Å². The molecule has 4 heteroatoms. The molecule has 2 aliphatic carbocycles. The van der Waals surface area contributed by atoms with Crippen LogP contribution in [0.3, 0.4) is 0 Å². The summed E-state index contributed by atoms with van der Waals surface area (Å²) in [5, 5.41) is 0. The van der Waals surface area contributed by atoms with Gasteiger partial charge in [0.05, 0.1) is 0 Å². The third kappa shape index (κ3) is 12.4. The van der Waals surface area contributed by atoms with E-state index in [0.717, 1.165) is 6.42 Å². The average Bonchev–Trinajstić information content (AvgIpc) is 2.93. The third-order valence-electron chi connectivity index (χ3n) is 2.82. The predicted octanol–water partition coefficient (Wildman–Crippen LogP) is 4.85. The Labute approximate surface area is 156 Å². The summed E-state index contributed by atoms with van der Waals surface area (Å²) in [5.41, 5.74) is 4.25. The van der Waals surface area contributed by atoms with Crippen LogP contribution in [0.1, 0.15) is 34.1 Å². The van der Waals surface area contributed by atoms with Crippen LogP contribution >= 0.6 is 24.8 Å². The van der Waals surface area contributed by atoms with Crippen molar-refractivity contribution in [1.29, 1.82) is 0 Å². The van der Waals surface area contributed by atoms with E-state index < -0.39 is 0 Å². The molecule has 20 heavy (non-hydrogen) atoms. The van der Waals surface area contributed by atoms with E-state index in [-0.39, 0.29) is 39.7 Å². The molecule has 0 bridgehead atoms. The zero-order valence-electron chi connectivity index (χ0n) is 13.5. The van der Waals surface area contributed by atoms with Crippen LogP contribution in [-0.4, -0.2) is 6.88 Å². The molecule has 0 radical (unpaired) electrons. The van der Waals surface area contributed by atoms with Crippen molar-refractivity contribution in [3.05, 3.63) is 62.0 Å². The molecule has 0 N–H and O–H groups in total. The molecule has 0 amide bonds. The van der Waals surface area contributed by atoms with Gasteiger partial charge in [0.25, 0.3) is 0 Å². The molecule has 0 saturated carbocycles. The second-order valence-corrected chi connectivity index (χ2v) is 3.80. The van der Waals surface area contributed by atoms with Crippen LogP contribution in [0.15, 0.2) is 34.9 Å². The van der Waals surface area contributed by atoms with Crippen molar-refractivity contribution in [1.82, 2.24) is 0 Å². The molecular formula is C16H28Cl2SiZr-4. The molecule has 0 aromatic heterocycles. The van der Waals surface area contributed by atoms with Crippen molar-refractivity contribution >= 4 is 31.7 Å². The molecular weight excluding hydrogens is 382 g/mol. The van der Waals surface area contributed by atoms with Gasteiger partial charge in [0.15, 0.2) is 0 Å². The first-order valence-corrected chi connectivity index (χ1v) is 11.4. The van der Waals surface area contributed by atoms with Crippen LogP contribution in [0.5, 0.6) is 0 Å². The number of allylic oxidation sites excluding steroid dienone is 8. The Morgan fingerprint density at radius 2 is 1.65 bits per heavy atom. The molecule has 1 atom stereocenters. The van der Waals surface area contributed by atoms with Crippen LogP contribution in [0.25, 0.3) is 0 Å². The summed E-state index contributed by atoms with van der Waals surface area (Å²) in [5.74, 6) is 0.560. The van der Waals surface area contributed by atoms with E-state index in [9.17, 15) is 0 Å². The summed E-state index contributed by atoms with van der Waals surface area (Å²) in [6.07, 6.45) is 13.4. The van der Waals surface area contributed by atoms with E-state index in [2.05, 4.69) is 45.9 Å². The number of hydrogen-bond acceptors (Lipinski definition) is 0. The van der Waals surface area contributed by atoms with Gasteiger partial charge >= 0.3 is 30.2 Å². The van der Waals surface area contributed by atoms with E-state index >= 15 is 0 Å². The minimum atomic E-state index is 0. The Hall–Kier alpha value is 0.640. The van der Waals surface area contributed by atoms with Crippen molar-refractivity contribution in [3.8, 4) is 0 Å². The molecule has 0 saturated heterocycles. The van der Waals surface area contributed by atoms with Gasteiger partial charge in [0, 0.05) is 0 Å². The first kappa shape index (κ1) is 32.5. The van der Waals surface area contributed by atoms with E-state index in [1.54, 1.807) is 23.3 Å². The molecule has 1 unspecified atom stereocenters. The maximum atomic E-state index is 3.36. The standard InChI is InChI=1S/C9H13.C5H5.2CH3.2ClH.H2Si.Zr/c1-6-5-7(2)9(4)8(6)3;1-2-4-5-3-1;;;;;;/h6H,1-4H3;1-3H,4H2;2*1H3;2*1H;1H2;/q4*-1;;;;. The molecule has 0 spiro atoms. The van der Waals surface area contributed by atoms with Gasteiger partial charge in [-0.2, -0.15) is 17.2 Å². The molecule has 0 heterocycles. The molecule has 0 fully saturated rings. The number of hydrogen-bond donors (Lipinski definition) is 0. The summed E-state index contributed by atoms with van der Waals surface area (Å²) in [7, 11) is 0. The SMILES string of the molecule is CC1=[C-]C(C)C(C)=C1C.Cl.Cl.[C-]1=CC=CC1.[CH3-].[CH3-].[SiH2]=[Zr]. The van der Waals surface area contributed by atoms with Crippen LogP contribution in [-0.2, 0) is 23.3 Å². The van der Waals surface area contributed by atoms with Crippen molar-refractivity contribution in [2.45, 2.75) is 34.1 Å². The molecule has 118 valence electrons. The molecule has 0 aliphatic heterocycles. The van der Waals surface area contributed by atoms with E-state index in [4.69, 9.17) is 0 Å². The van der Waals surface area contributed by atoms with Crippen LogP contribution in [0.4, 0.5) is 0 Å². The fourth-order valence-corrected chi connectivity index (χ4v) is 1.50. The van der Waals surface area contributed by atoms with Gasteiger partial charge in [-0.25, -0.2) is 17.7 Å². The summed E-state index contributed by atoms with van der Waals surface area (Å²) in [6, 6.07) is 0. The normalized spacial score (nSPS) is 16.8. The summed E-state index contributed by atoms with van der Waals surface area (Å²) in [4.78, 5) is 0. The summed E-state index contributed by atoms with van der Waals surface area (Å²) < 4.78 is 0. The number of rotatable bonds is 0. The van der Waals surface area contributed by atoms with Gasteiger partial charge in [0.1, 0.15) is 0 Å². The van der Waals surface area contributed by atoms with E-state index in [0.29, 0.717) is 5.92 Å². The summed E-state index contributed by atoms with van der Waals surface area (Å²) in [6.45, 7) is 10.6. The molecule has 2 aliphatic rings. The maximum absolute atomic E-state index is 3.36. The first-order chi connectivity index (χ1) is 7.63. The van der Waals surface area contributed by atoms with Crippen molar-refractivity contribution in [2.75, 3.05) is 0 Å². The van der Waals surface area contributed by atoms with Gasteiger partial charge in [-0.05, 0) is 0 Å². The predicted molar refractivity (Wildman–Crippen MR) is 97.4 cm³/mol. The Kier molecular flexibility index (Phi) is 32.0. The van der Waals surface area contributed by atoms with Crippen molar-refractivity contribution in [3.63, 3.8) is 0 Å². The molecule has 0 aromatic carbocycles. The van der Waals surface area contributed by atoms with Gasteiger partial charge in [0.2, 0.25) is 0 Å². The first-order valence-electron chi connectivity index (χ1n) is 5.48. The molecule has 0 nitrogen and oxygen atoms in total. The quantitative estimate of drug-likeness (QED) is 0.395. The van der Waals surface area contributed by atoms with Gasteiger partial charge < -0.3 is 14.9 Å². The van der Waals surface area contributed by atoms with E-state index in [1.165, 1.54) is 16.7 Å². The second kappa shape index (κ2) is 19.6. The Bertz CT molecular complexity index is 334. The minimum absolute atomic E-state index is 0. The van der Waals surface area contributed by atoms with Gasteiger partial charge in [-0.15, -0.1) is 38.2 Å². The summed E-state index contributed by atoms with van der Waals surface area (Å²) >= 11 is 1.58. The third-order valence-corrected chi connectivity index (χ3v) is 2.82. The molecule has 2 rings (SSSR count). The fourth-order valence-electron chi connectivity index (χ4n) is 1.50. The monoisotopic (exact) mass is 408 g/mol. The van der Waals surface area contributed by atoms with E-state index in [1.807, 2.05) is 19.0 Å². The number of halogens is 2. The van der Waals surface area contributed by atoms with Crippen LogP contribution in [0.2, 0.25) is 0 Å². The van der Waals surface area contributed by atoms with Gasteiger partial charge in [-0.3, -0.25) is 12.2 Å².